The zero-order valence-corrected chi connectivity index (χ0v) is 22.1. The van der Waals surface area contributed by atoms with Crippen molar-refractivity contribution < 1.29 is 14.3 Å². The van der Waals surface area contributed by atoms with Crippen LogP contribution in [-0.2, 0) is 16.1 Å². The summed E-state index contributed by atoms with van der Waals surface area (Å²) in [5, 5.41) is 0. The summed E-state index contributed by atoms with van der Waals surface area (Å²) in [6.45, 7) is 5.16. The second kappa shape index (κ2) is 11.3. The van der Waals surface area contributed by atoms with Crippen molar-refractivity contribution in [3.63, 3.8) is 0 Å². The Bertz CT molecular complexity index is 1260. The Morgan fingerprint density at radius 3 is 2.32 bits per heavy atom. The van der Waals surface area contributed by atoms with E-state index in [1.54, 1.807) is 4.90 Å². The number of amides is 1. The van der Waals surface area contributed by atoms with Crippen LogP contribution in [0.3, 0.4) is 0 Å². The molecule has 0 N–H and O–H groups in total. The van der Waals surface area contributed by atoms with Crippen molar-refractivity contribution in [1.82, 2.24) is 4.90 Å². The second-order valence-corrected chi connectivity index (χ2v) is 10.2. The minimum atomic E-state index is 0.00395. The van der Waals surface area contributed by atoms with Crippen molar-refractivity contribution in [1.29, 1.82) is 0 Å². The van der Waals surface area contributed by atoms with E-state index in [1.165, 1.54) is 11.1 Å². The van der Waals surface area contributed by atoms with Gasteiger partial charge < -0.3 is 14.4 Å². The van der Waals surface area contributed by atoms with Crippen LogP contribution in [0.25, 0.3) is 17.2 Å². The number of carbonyl (C=O) groups is 1. The SMILES string of the molecule is Cc1ccc(-c2ccc3c(c2)C=C(C(=O)N(C)c2ccc(CN(C)C4CCOCC4)cc2)CCO3)cc1. The minimum absolute atomic E-state index is 0.00395. The zero-order chi connectivity index (χ0) is 25.8. The topological polar surface area (TPSA) is 42.0 Å². The summed E-state index contributed by atoms with van der Waals surface area (Å²) < 4.78 is 11.5. The highest BCUT2D eigenvalue weighted by Crippen LogP contribution is 2.32. The van der Waals surface area contributed by atoms with Crippen LogP contribution in [0, 0.1) is 6.92 Å². The molecule has 0 atom stereocenters. The van der Waals surface area contributed by atoms with Gasteiger partial charge >= 0.3 is 0 Å². The standard InChI is InChI=1S/C32H36N2O3/c1-23-4-8-25(9-5-23)26-10-13-31-28(20-26)21-27(14-19-37-31)32(35)34(3)30-11-6-24(7-12-30)22-33(2)29-15-17-36-18-16-29/h4-13,20-21,29H,14-19,22H2,1-3H3. The molecule has 5 rings (SSSR count). The first-order valence-electron chi connectivity index (χ1n) is 13.2. The van der Waals surface area contributed by atoms with Gasteiger partial charge in [0, 0.05) is 56.1 Å². The van der Waals surface area contributed by atoms with Crippen molar-refractivity contribution in [3.8, 4) is 16.9 Å². The molecule has 0 bridgehead atoms. The van der Waals surface area contributed by atoms with Crippen molar-refractivity contribution >= 4 is 17.7 Å². The van der Waals surface area contributed by atoms with Crippen LogP contribution in [0.5, 0.6) is 5.75 Å². The number of carbonyl (C=O) groups excluding carboxylic acids is 1. The summed E-state index contributed by atoms with van der Waals surface area (Å²) in [5.74, 6) is 0.823. The van der Waals surface area contributed by atoms with Crippen LogP contribution in [0.4, 0.5) is 5.69 Å². The Balaban J connectivity index is 1.30. The number of hydrogen-bond donors (Lipinski definition) is 0. The molecule has 37 heavy (non-hydrogen) atoms. The van der Waals surface area contributed by atoms with Gasteiger partial charge in [-0.1, -0.05) is 48.0 Å². The van der Waals surface area contributed by atoms with Crippen molar-refractivity contribution in [2.45, 2.75) is 38.8 Å². The first kappa shape index (κ1) is 25.2. The van der Waals surface area contributed by atoms with E-state index < -0.39 is 0 Å². The average molecular weight is 497 g/mol. The monoisotopic (exact) mass is 496 g/mol. The molecule has 0 aromatic heterocycles. The summed E-state index contributed by atoms with van der Waals surface area (Å²) in [5.41, 5.74) is 7.34. The number of likely N-dealkylation sites (N-methyl/N-ethyl adjacent to an activating group) is 1. The maximum Gasteiger partial charge on any atom is 0.254 e. The van der Waals surface area contributed by atoms with E-state index in [-0.39, 0.29) is 5.91 Å². The number of ether oxygens (including phenoxy) is 2. The first-order valence-corrected chi connectivity index (χ1v) is 13.2. The largest absolute Gasteiger partial charge is 0.493 e. The predicted octanol–water partition coefficient (Wildman–Crippen LogP) is 6.10. The van der Waals surface area contributed by atoms with E-state index in [0.29, 0.717) is 19.1 Å². The van der Waals surface area contributed by atoms with Crippen molar-refractivity contribution in [2.24, 2.45) is 0 Å². The van der Waals surface area contributed by atoms with Crippen molar-refractivity contribution in [3.05, 3.63) is 89.0 Å². The first-order chi connectivity index (χ1) is 18.0. The fraction of sp³-hybridized carbons (Fsp3) is 0.344. The number of hydrogen-bond acceptors (Lipinski definition) is 4. The lowest BCUT2D eigenvalue weighted by atomic mass is 10.00. The van der Waals surface area contributed by atoms with Crippen LogP contribution >= 0.6 is 0 Å². The van der Waals surface area contributed by atoms with E-state index >= 15 is 0 Å². The van der Waals surface area contributed by atoms with Gasteiger partial charge in [0.25, 0.3) is 5.91 Å². The highest BCUT2D eigenvalue weighted by Gasteiger charge is 2.21. The molecule has 1 fully saturated rings. The molecule has 5 heteroatoms. The predicted molar refractivity (Wildman–Crippen MR) is 150 cm³/mol. The van der Waals surface area contributed by atoms with Crippen LogP contribution < -0.4 is 9.64 Å². The number of fused-ring (bicyclic) bond motifs is 1. The van der Waals surface area contributed by atoms with Gasteiger partial charge in [-0.15, -0.1) is 0 Å². The van der Waals surface area contributed by atoms with Gasteiger partial charge in [0.1, 0.15) is 5.75 Å². The Kier molecular flexibility index (Phi) is 7.73. The van der Waals surface area contributed by atoms with E-state index in [9.17, 15) is 4.79 Å². The number of rotatable bonds is 6. The van der Waals surface area contributed by atoms with E-state index in [2.05, 4.69) is 67.4 Å². The van der Waals surface area contributed by atoms with Crippen molar-refractivity contribution in [2.75, 3.05) is 38.8 Å². The highest BCUT2D eigenvalue weighted by molar-refractivity contribution is 6.08. The fourth-order valence-corrected chi connectivity index (χ4v) is 5.12. The number of nitrogens with zero attached hydrogens (tertiary/aromatic N) is 2. The lowest BCUT2D eigenvalue weighted by Crippen LogP contribution is -2.36. The normalized spacial score (nSPS) is 15.9. The minimum Gasteiger partial charge on any atom is -0.493 e. The summed E-state index contributed by atoms with van der Waals surface area (Å²) >= 11 is 0. The van der Waals surface area contributed by atoms with Gasteiger partial charge in [-0.25, -0.2) is 0 Å². The molecule has 2 aliphatic heterocycles. The summed E-state index contributed by atoms with van der Waals surface area (Å²) in [4.78, 5) is 17.7. The van der Waals surface area contributed by atoms with Crippen LogP contribution in [-0.4, -0.2) is 50.8 Å². The van der Waals surface area contributed by atoms with Gasteiger partial charge in [-0.2, -0.15) is 0 Å². The molecular formula is C32H36N2O3. The third-order valence-electron chi connectivity index (χ3n) is 7.50. The molecule has 3 aromatic carbocycles. The maximum atomic E-state index is 13.5. The molecule has 0 saturated carbocycles. The number of benzene rings is 3. The fourth-order valence-electron chi connectivity index (χ4n) is 5.12. The average Bonchev–Trinajstić information content (AvgIpc) is 3.15. The molecule has 3 aromatic rings. The number of anilines is 1. The molecule has 0 spiro atoms. The quantitative estimate of drug-likeness (QED) is 0.413. The molecule has 0 aliphatic carbocycles. The molecule has 0 radical (unpaired) electrons. The van der Waals surface area contributed by atoms with Crippen LogP contribution in [0.2, 0.25) is 0 Å². The van der Waals surface area contributed by atoms with Gasteiger partial charge in [-0.05, 0) is 73.8 Å². The molecule has 1 amide bonds. The summed E-state index contributed by atoms with van der Waals surface area (Å²) in [7, 11) is 4.03. The molecular weight excluding hydrogens is 460 g/mol. The summed E-state index contributed by atoms with van der Waals surface area (Å²) in [6.07, 6.45) is 4.74. The Morgan fingerprint density at radius 2 is 1.59 bits per heavy atom. The Hall–Kier alpha value is -3.41. The molecule has 0 unspecified atom stereocenters. The summed E-state index contributed by atoms with van der Waals surface area (Å²) in [6, 6.07) is 23.6. The van der Waals surface area contributed by atoms with E-state index in [0.717, 1.165) is 66.3 Å². The Labute approximate surface area is 220 Å². The third-order valence-corrected chi connectivity index (χ3v) is 7.50. The van der Waals surface area contributed by atoms with Gasteiger partial charge in [0.05, 0.1) is 6.61 Å². The maximum absolute atomic E-state index is 13.5. The zero-order valence-electron chi connectivity index (χ0n) is 22.1. The Morgan fingerprint density at radius 1 is 0.892 bits per heavy atom. The smallest absolute Gasteiger partial charge is 0.254 e. The lowest BCUT2D eigenvalue weighted by molar-refractivity contribution is -0.115. The molecule has 1 saturated heterocycles. The van der Waals surface area contributed by atoms with Gasteiger partial charge in [0.2, 0.25) is 0 Å². The van der Waals surface area contributed by atoms with E-state index in [1.807, 2.05) is 31.3 Å². The molecule has 5 nitrogen and oxygen atoms in total. The van der Waals surface area contributed by atoms with Crippen LogP contribution in [0.1, 0.15) is 36.0 Å². The lowest BCUT2D eigenvalue weighted by Gasteiger charge is -2.31. The van der Waals surface area contributed by atoms with E-state index in [4.69, 9.17) is 9.47 Å². The van der Waals surface area contributed by atoms with Gasteiger partial charge in [-0.3, -0.25) is 9.69 Å². The molecule has 2 aliphatic rings. The highest BCUT2D eigenvalue weighted by atomic mass is 16.5. The third kappa shape index (κ3) is 5.95. The van der Waals surface area contributed by atoms with Crippen LogP contribution in [0.15, 0.2) is 72.3 Å². The van der Waals surface area contributed by atoms with Gasteiger partial charge in [0.15, 0.2) is 0 Å². The number of aryl methyl sites for hydroxylation is 1. The second-order valence-electron chi connectivity index (χ2n) is 10.2. The molecule has 2 heterocycles. The molecule has 192 valence electrons.